The summed E-state index contributed by atoms with van der Waals surface area (Å²) in [6, 6.07) is 10.3. The summed E-state index contributed by atoms with van der Waals surface area (Å²) in [6.07, 6.45) is 7.26. The Morgan fingerprint density at radius 2 is 1.80 bits per heavy atom. The van der Waals surface area contributed by atoms with Crippen molar-refractivity contribution in [3.63, 3.8) is 0 Å². The summed E-state index contributed by atoms with van der Waals surface area (Å²) in [7, 11) is -3.65. The molecule has 0 aromatic heterocycles. The van der Waals surface area contributed by atoms with Crippen molar-refractivity contribution in [2.24, 2.45) is 0 Å². The lowest BCUT2D eigenvalue weighted by atomic mass is 9.96. The number of rotatable bonds is 9. The number of piperidine rings is 1. The Labute approximate surface area is 205 Å². The molecule has 10 heteroatoms. The SMILES string of the molecule is C#CCNC(=O)CNC(=O)CN(C1CCN(C(C)c2ccc(F)c3ccccc23)CC1)S(C)(=O)=O. The van der Waals surface area contributed by atoms with Crippen LogP contribution in [0.1, 0.15) is 31.4 Å². The first kappa shape index (κ1) is 26.6. The van der Waals surface area contributed by atoms with Crippen LogP contribution in [-0.2, 0) is 19.6 Å². The van der Waals surface area contributed by atoms with E-state index in [4.69, 9.17) is 6.42 Å². The number of hydrogen-bond acceptors (Lipinski definition) is 5. The van der Waals surface area contributed by atoms with Gasteiger partial charge in [-0.1, -0.05) is 36.3 Å². The number of sulfonamides is 1. The van der Waals surface area contributed by atoms with Gasteiger partial charge in [0.15, 0.2) is 0 Å². The van der Waals surface area contributed by atoms with Crippen LogP contribution in [0.15, 0.2) is 36.4 Å². The Bertz CT molecular complexity index is 1220. The third-order valence-electron chi connectivity index (χ3n) is 6.37. The van der Waals surface area contributed by atoms with E-state index in [2.05, 4.69) is 28.4 Å². The molecule has 35 heavy (non-hydrogen) atoms. The van der Waals surface area contributed by atoms with Crippen LogP contribution in [0.2, 0.25) is 0 Å². The number of nitrogens with zero attached hydrogens (tertiary/aromatic N) is 2. The van der Waals surface area contributed by atoms with Gasteiger partial charge in [-0.25, -0.2) is 12.8 Å². The minimum Gasteiger partial charge on any atom is -0.346 e. The molecule has 3 rings (SSSR count). The fourth-order valence-electron chi connectivity index (χ4n) is 4.51. The van der Waals surface area contributed by atoms with E-state index in [1.807, 2.05) is 18.2 Å². The lowest BCUT2D eigenvalue weighted by Gasteiger charge is -2.39. The minimum atomic E-state index is -3.65. The molecule has 0 saturated carbocycles. The summed E-state index contributed by atoms with van der Waals surface area (Å²) in [5, 5.41) is 6.31. The summed E-state index contributed by atoms with van der Waals surface area (Å²) in [6.45, 7) is 2.73. The Hall–Kier alpha value is -3.00. The molecular weight excluding hydrogens is 471 g/mol. The van der Waals surface area contributed by atoms with Crippen LogP contribution in [0.5, 0.6) is 0 Å². The van der Waals surface area contributed by atoms with E-state index < -0.39 is 21.8 Å². The van der Waals surface area contributed by atoms with E-state index in [0.717, 1.165) is 17.2 Å². The molecule has 2 amide bonds. The lowest BCUT2D eigenvalue weighted by molar-refractivity contribution is -0.126. The van der Waals surface area contributed by atoms with E-state index in [-0.39, 0.29) is 37.5 Å². The number of benzene rings is 2. The van der Waals surface area contributed by atoms with Crippen LogP contribution in [0, 0.1) is 18.2 Å². The van der Waals surface area contributed by atoms with Crippen LogP contribution in [0.4, 0.5) is 4.39 Å². The maximum atomic E-state index is 14.2. The number of likely N-dealkylation sites (tertiary alicyclic amines) is 1. The van der Waals surface area contributed by atoms with Crippen LogP contribution >= 0.6 is 0 Å². The molecule has 2 N–H and O–H groups in total. The molecule has 1 aliphatic heterocycles. The summed E-state index contributed by atoms with van der Waals surface area (Å²) in [4.78, 5) is 26.2. The summed E-state index contributed by atoms with van der Waals surface area (Å²) < 4.78 is 40.4. The van der Waals surface area contributed by atoms with Gasteiger partial charge < -0.3 is 10.6 Å². The normalized spacial score (nSPS) is 16.1. The highest BCUT2D eigenvalue weighted by Crippen LogP contribution is 2.32. The maximum absolute atomic E-state index is 14.2. The van der Waals surface area contributed by atoms with Gasteiger partial charge in [-0.15, -0.1) is 6.42 Å². The van der Waals surface area contributed by atoms with Crippen LogP contribution in [0.25, 0.3) is 10.8 Å². The molecule has 1 atom stereocenters. The molecule has 1 heterocycles. The van der Waals surface area contributed by atoms with E-state index >= 15 is 0 Å². The molecule has 0 spiro atoms. The molecule has 0 bridgehead atoms. The number of halogens is 1. The second-order valence-electron chi connectivity index (χ2n) is 8.69. The number of terminal acetylenes is 1. The predicted molar refractivity (Wildman–Crippen MR) is 133 cm³/mol. The van der Waals surface area contributed by atoms with Gasteiger partial charge in [-0.05, 0) is 36.8 Å². The van der Waals surface area contributed by atoms with E-state index in [1.165, 1.54) is 10.4 Å². The predicted octanol–water partition coefficient (Wildman–Crippen LogP) is 1.63. The van der Waals surface area contributed by atoms with Gasteiger partial charge >= 0.3 is 0 Å². The van der Waals surface area contributed by atoms with Gasteiger partial charge in [-0.2, -0.15) is 4.31 Å². The zero-order valence-corrected chi connectivity index (χ0v) is 20.8. The monoisotopic (exact) mass is 502 g/mol. The average Bonchev–Trinajstić information content (AvgIpc) is 2.84. The molecule has 1 saturated heterocycles. The Balaban J connectivity index is 1.63. The maximum Gasteiger partial charge on any atom is 0.240 e. The summed E-state index contributed by atoms with van der Waals surface area (Å²) in [5.41, 5.74) is 1.02. The highest BCUT2D eigenvalue weighted by Gasteiger charge is 2.33. The van der Waals surface area contributed by atoms with Crippen molar-refractivity contribution in [2.45, 2.75) is 31.8 Å². The van der Waals surface area contributed by atoms with Gasteiger partial charge in [0.25, 0.3) is 0 Å². The van der Waals surface area contributed by atoms with Crippen molar-refractivity contribution in [3.8, 4) is 12.3 Å². The van der Waals surface area contributed by atoms with Crippen molar-refractivity contribution < 1.29 is 22.4 Å². The van der Waals surface area contributed by atoms with Crippen LogP contribution < -0.4 is 10.6 Å². The number of carbonyl (C=O) groups excluding carboxylic acids is 2. The van der Waals surface area contributed by atoms with Crippen molar-refractivity contribution in [3.05, 3.63) is 47.8 Å². The molecule has 1 fully saturated rings. The molecule has 0 radical (unpaired) electrons. The van der Waals surface area contributed by atoms with Crippen molar-refractivity contribution >= 4 is 32.6 Å². The molecule has 2 aromatic carbocycles. The van der Waals surface area contributed by atoms with Crippen molar-refractivity contribution in [2.75, 3.05) is 39.0 Å². The second kappa shape index (κ2) is 11.6. The molecule has 1 aliphatic rings. The summed E-state index contributed by atoms with van der Waals surface area (Å²) in [5.74, 6) is 1.00. The van der Waals surface area contributed by atoms with Gasteiger partial charge in [0.1, 0.15) is 5.82 Å². The first-order valence-corrected chi connectivity index (χ1v) is 13.3. The second-order valence-corrected chi connectivity index (χ2v) is 10.6. The van der Waals surface area contributed by atoms with Gasteiger partial charge in [-0.3, -0.25) is 14.5 Å². The topological polar surface area (TPSA) is 98.8 Å². The van der Waals surface area contributed by atoms with Gasteiger partial charge in [0, 0.05) is 30.6 Å². The molecule has 188 valence electrons. The fraction of sp³-hybridized carbons (Fsp3) is 0.440. The number of carbonyl (C=O) groups is 2. The molecule has 0 aliphatic carbocycles. The lowest BCUT2D eigenvalue weighted by Crippen LogP contribution is -2.51. The zero-order chi connectivity index (χ0) is 25.6. The Kier molecular flexibility index (Phi) is 8.83. The molecule has 1 unspecified atom stereocenters. The van der Waals surface area contributed by atoms with E-state index in [9.17, 15) is 22.4 Å². The molecule has 2 aromatic rings. The summed E-state index contributed by atoms with van der Waals surface area (Å²) >= 11 is 0. The van der Waals surface area contributed by atoms with Crippen LogP contribution in [0.3, 0.4) is 0 Å². The average molecular weight is 503 g/mol. The standard InChI is InChI=1S/C25H31FN4O4S/c1-4-13-27-24(31)16-28-25(32)17-30(35(3,33)34)19-11-14-29(15-12-19)18(2)20-9-10-23(26)22-8-6-5-7-21(20)22/h1,5-10,18-19H,11-17H2,2-3H3,(H,27,31)(H,28,32). The van der Waals surface area contributed by atoms with Gasteiger partial charge in [0.05, 0.1) is 25.9 Å². The third-order valence-corrected chi connectivity index (χ3v) is 7.65. The van der Waals surface area contributed by atoms with Crippen molar-refractivity contribution in [1.82, 2.24) is 19.8 Å². The minimum absolute atomic E-state index is 0.0120. The zero-order valence-electron chi connectivity index (χ0n) is 20.0. The number of hydrogen-bond donors (Lipinski definition) is 2. The highest BCUT2D eigenvalue weighted by molar-refractivity contribution is 7.88. The quantitative estimate of drug-likeness (QED) is 0.508. The fourth-order valence-corrected chi connectivity index (χ4v) is 5.62. The van der Waals surface area contributed by atoms with Crippen molar-refractivity contribution in [1.29, 1.82) is 0 Å². The first-order chi connectivity index (χ1) is 16.6. The van der Waals surface area contributed by atoms with E-state index in [1.54, 1.807) is 12.1 Å². The number of fused-ring (bicyclic) bond motifs is 1. The van der Waals surface area contributed by atoms with Crippen LogP contribution in [-0.4, -0.2) is 74.5 Å². The highest BCUT2D eigenvalue weighted by atomic mass is 32.2. The van der Waals surface area contributed by atoms with E-state index in [0.29, 0.717) is 31.3 Å². The number of amides is 2. The van der Waals surface area contributed by atoms with Gasteiger partial charge in [0.2, 0.25) is 21.8 Å². The third kappa shape index (κ3) is 6.78. The largest absolute Gasteiger partial charge is 0.346 e. The molecular formula is C25H31FN4O4S. The first-order valence-electron chi connectivity index (χ1n) is 11.5. The smallest absolute Gasteiger partial charge is 0.240 e. The molecule has 8 nitrogen and oxygen atoms in total. The Morgan fingerprint density at radius 1 is 1.14 bits per heavy atom. The Morgan fingerprint density at radius 3 is 2.43 bits per heavy atom. The number of nitrogens with one attached hydrogen (secondary N) is 2.